The molecule has 0 unspecified atom stereocenters. The maximum Gasteiger partial charge on any atom is 0.258 e. The van der Waals surface area contributed by atoms with Gasteiger partial charge in [-0.3, -0.25) is 4.79 Å². The fourth-order valence-corrected chi connectivity index (χ4v) is 3.17. The third-order valence-corrected chi connectivity index (χ3v) is 4.78. The van der Waals surface area contributed by atoms with Gasteiger partial charge in [-0.25, -0.2) is 0 Å². The Kier molecular flexibility index (Phi) is 6.03. The van der Waals surface area contributed by atoms with Gasteiger partial charge in [0, 0.05) is 11.6 Å². The molecule has 31 heavy (non-hydrogen) atoms. The molecule has 0 bridgehead atoms. The highest BCUT2D eigenvalue weighted by atomic mass is 16.5. The van der Waals surface area contributed by atoms with Gasteiger partial charge in [0.15, 0.2) is 23.9 Å². The normalized spacial score (nSPS) is 10.6. The first-order valence-electron chi connectivity index (χ1n) is 9.72. The number of rotatable bonds is 8. The molecule has 4 rings (SSSR count). The first kappa shape index (κ1) is 20.3. The fraction of sp³-hybridized carbons (Fsp3) is 0.167. The van der Waals surface area contributed by atoms with E-state index in [2.05, 4.69) is 10.5 Å². The SMILES string of the molecule is COc1ccc(-c2cc(CNC(=O)COc3ccc4ccccc4c3)no2)cc1OC. The third kappa shape index (κ3) is 4.78. The molecule has 1 aromatic heterocycles. The zero-order chi connectivity index (χ0) is 21.6. The van der Waals surface area contributed by atoms with Crippen LogP contribution in [0.5, 0.6) is 17.2 Å². The van der Waals surface area contributed by atoms with Gasteiger partial charge in [-0.2, -0.15) is 0 Å². The molecule has 1 N–H and O–H groups in total. The van der Waals surface area contributed by atoms with E-state index in [-0.39, 0.29) is 19.1 Å². The molecule has 0 aliphatic carbocycles. The van der Waals surface area contributed by atoms with Crippen LogP contribution in [-0.2, 0) is 11.3 Å². The Labute approximate surface area is 179 Å². The van der Waals surface area contributed by atoms with Crippen LogP contribution in [-0.4, -0.2) is 31.9 Å². The largest absolute Gasteiger partial charge is 0.493 e. The highest BCUT2D eigenvalue weighted by Gasteiger charge is 2.12. The Morgan fingerprint density at radius 1 is 0.935 bits per heavy atom. The summed E-state index contributed by atoms with van der Waals surface area (Å²) in [6.45, 7) is 0.148. The summed E-state index contributed by atoms with van der Waals surface area (Å²) >= 11 is 0. The van der Waals surface area contributed by atoms with E-state index in [1.54, 1.807) is 32.4 Å². The van der Waals surface area contributed by atoms with Gasteiger partial charge in [0.25, 0.3) is 5.91 Å². The topological polar surface area (TPSA) is 82.8 Å². The van der Waals surface area contributed by atoms with Crippen molar-refractivity contribution >= 4 is 16.7 Å². The molecule has 0 spiro atoms. The zero-order valence-corrected chi connectivity index (χ0v) is 17.3. The second-order valence-corrected chi connectivity index (χ2v) is 6.83. The summed E-state index contributed by atoms with van der Waals surface area (Å²) in [4.78, 5) is 12.2. The van der Waals surface area contributed by atoms with E-state index in [1.165, 1.54) is 0 Å². The smallest absolute Gasteiger partial charge is 0.258 e. The Bertz CT molecular complexity index is 1200. The summed E-state index contributed by atoms with van der Waals surface area (Å²) < 4.78 is 21.6. The number of methoxy groups -OCH3 is 2. The third-order valence-electron chi connectivity index (χ3n) is 4.78. The number of ether oxygens (including phenoxy) is 3. The number of carbonyl (C=O) groups excluding carboxylic acids is 1. The van der Waals surface area contributed by atoms with E-state index in [4.69, 9.17) is 18.7 Å². The lowest BCUT2D eigenvalue weighted by Gasteiger charge is -2.08. The molecule has 1 heterocycles. The molecule has 3 aromatic carbocycles. The van der Waals surface area contributed by atoms with Crippen molar-refractivity contribution < 1.29 is 23.5 Å². The predicted octanol–water partition coefficient (Wildman–Crippen LogP) is 4.21. The second kappa shape index (κ2) is 9.21. The zero-order valence-electron chi connectivity index (χ0n) is 17.3. The van der Waals surface area contributed by atoms with Crippen LogP contribution in [0.1, 0.15) is 5.69 Å². The van der Waals surface area contributed by atoms with Crippen LogP contribution in [0.4, 0.5) is 0 Å². The fourth-order valence-electron chi connectivity index (χ4n) is 3.17. The molecule has 0 fully saturated rings. The molecule has 0 radical (unpaired) electrons. The lowest BCUT2D eigenvalue weighted by Crippen LogP contribution is -2.28. The monoisotopic (exact) mass is 418 g/mol. The maximum atomic E-state index is 12.2. The van der Waals surface area contributed by atoms with Crippen LogP contribution in [0.3, 0.4) is 0 Å². The summed E-state index contributed by atoms with van der Waals surface area (Å²) in [5, 5.41) is 8.98. The van der Waals surface area contributed by atoms with Crippen molar-refractivity contribution in [2.75, 3.05) is 20.8 Å². The minimum absolute atomic E-state index is 0.0846. The number of nitrogens with zero attached hydrogens (tertiary/aromatic N) is 1. The molecule has 7 heteroatoms. The molecule has 158 valence electrons. The minimum atomic E-state index is -0.246. The van der Waals surface area contributed by atoms with Gasteiger partial charge in [-0.1, -0.05) is 35.5 Å². The van der Waals surface area contributed by atoms with Crippen LogP contribution in [0.25, 0.3) is 22.1 Å². The van der Waals surface area contributed by atoms with Gasteiger partial charge in [0.1, 0.15) is 11.4 Å². The second-order valence-electron chi connectivity index (χ2n) is 6.83. The number of hydrogen-bond acceptors (Lipinski definition) is 6. The Morgan fingerprint density at radius 3 is 2.55 bits per heavy atom. The first-order chi connectivity index (χ1) is 15.2. The van der Waals surface area contributed by atoms with Gasteiger partial charge in [-0.15, -0.1) is 0 Å². The molecule has 1 amide bonds. The van der Waals surface area contributed by atoms with Crippen LogP contribution in [0.2, 0.25) is 0 Å². The molecule has 0 aliphatic rings. The number of hydrogen-bond donors (Lipinski definition) is 1. The lowest BCUT2D eigenvalue weighted by molar-refractivity contribution is -0.123. The van der Waals surface area contributed by atoms with Crippen LogP contribution < -0.4 is 19.5 Å². The predicted molar refractivity (Wildman–Crippen MR) is 116 cm³/mol. The number of fused-ring (bicyclic) bond motifs is 1. The highest BCUT2D eigenvalue weighted by Crippen LogP contribution is 2.32. The number of aromatic nitrogens is 1. The summed E-state index contributed by atoms with van der Waals surface area (Å²) in [5.41, 5.74) is 1.39. The number of carbonyl (C=O) groups is 1. The minimum Gasteiger partial charge on any atom is -0.493 e. The lowest BCUT2D eigenvalue weighted by atomic mass is 10.1. The molecule has 0 saturated carbocycles. The van der Waals surface area contributed by atoms with Crippen molar-refractivity contribution in [3.05, 3.63) is 72.4 Å². The van der Waals surface area contributed by atoms with Crippen LogP contribution in [0, 0.1) is 0 Å². The van der Waals surface area contributed by atoms with Gasteiger partial charge >= 0.3 is 0 Å². The van der Waals surface area contributed by atoms with Gasteiger partial charge in [0.2, 0.25) is 0 Å². The van der Waals surface area contributed by atoms with Crippen molar-refractivity contribution in [2.24, 2.45) is 0 Å². The van der Waals surface area contributed by atoms with Gasteiger partial charge in [-0.05, 0) is 41.1 Å². The molecule has 4 aromatic rings. The molecule has 0 atom stereocenters. The van der Waals surface area contributed by atoms with E-state index in [0.717, 1.165) is 16.3 Å². The summed E-state index contributed by atoms with van der Waals surface area (Å²) in [5.74, 6) is 2.19. The average Bonchev–Trinajstić information content (AvgIpc) is 3.30. The van der Waals surface area contributed by atoms with Crippen LogP contribution in [0.15, 0.2) is 71.3 Å². The average molecular weight is 418 g/mol. The molecular weight excluding hydrogens is 396 g/mol. The van der Waals surface area contributed by atoms with Crippen molar-refractivity contribution in [3.8, 4) is 28.6 Å². The van der Waals surface area contributed by atoms with Gasteiger partial charge in [0.05, 0.1) is 20.8 Å². The highest BCUT2D eigenvalue weighted by molar-refractivity contribution is 5.84. The summed E-state index contributed by atoms with van der Waals surface area (Å²) in [6, 6.07) is 20.9. The quantitative estimate of drug-likeness (QED) is 0.462. The molecular formula is C24H22N2O5. The number of nitrogens with one attached hydrogen (secondary N) is 1. The maximum absolute atomic E-state index is 12.2. The van der Waals surface area contributed by atoms with Gasteiger partial charge < -0.3 is 24.1 Å². The van der Waals surface area contributed by atoms with Crippen molar-refractivity contribution in [1.29, 1.82) is 0 Å². The van der Waals surface area contributed by atoms with E-state index in [0.29, 0.717) is 28.7 Å². The summed E-state index contributed by atoms with van der Waals surface area (Å²) in [6.07, 6.45) is 0. The Morgan fingerprint density at radius 2 is 1.74 bits per heavy atom. The summed E-state index contributed by atoms with van der Waals surface area (Å²) in [7, 11) is 3.15. The van der Waals surface area contributed by atoms with Crippen LogP contribution >= 0.6 is 0 Å². The Balaban J connectivity index is 1.32. The first-order valence-corrected chi connectivity index (χ1v) is 9.72. The van der Waals surface area contributed by atoms with Crippen molar-refractivity contribution in [1.82, 2.24) is 10.5 Å². The van der Waals surface area contributed by atoms with E-state index in [9.17, 15) is 4.79 Å². The van der Waals surface area contributed by atoms with E-state index >= 15 is 0 Å². The standard InChI is InChI=1S/C24H22N2O5/c1-28-21-10-8-18(12-23(21)29-2)22-13-19(26-31-22)14-25-24(27)15-30-20-9-7-16-5-3-4-6-17(16)11-20/h3-13H,14-15H2,1-2H3,(H,25,27). The number of amides is 1. The van der Waals surface area contributed by atoms with E-state index < -0.39 is 0 Å². The van der Waals surface area contributed by atoms with E-state index in [1.807, 2.05) is 48.5 Å². The Hall–Kier alpha value is -4.00. The number of benzene rings is 3. The molecule has 0 saturated heterocycles. The van der Waals surface area contributed by atoms with Crippen molar-refractivity contribution in [3.63, 3.8) is 0 Å². The molecule has 7 nitrogen and oxygen atoms in total. The molecule has 0 aliphatic heterocycles. The van der Waals surface area contributed by atoms with Crippen molar-refractivity contribution in [2.45, 2.75) is 6.54 Å².